The van der Waals surface area contributed by atoms with Crippen molar-refractivity contribution < 1.29 is 24.2 Å². The molecule has 0 aromatic carbocycles. The summed E-state index contributed by atoms with van der Waals surface area (Å²) in [4.78, 5) is 32.2. The number of rotatable bonds is 9. The minimum absolute atomic E-state index is 0.0347. The van der Waals surface area contributed by atoms with Gasteiger partial charge in [-0.3, -0.25) is 9.59 Å². The van der Waals surface area contributed by atoms with Crippen LogP contribution >= 0.6 is 0 Å². The highest BCUT2D eigenvalue weighted by atomic mass is 16.5. The third-order valence-electron chi connectivity index (χ3n) is 6.73. The van der Waals surface area contributed by atoms with E-state index in [9.17, 15) is 14.7 Å². The normalized spacial score (nSPS) is 23.1. The maximum atomic E-state index is 12.7. The molecule has 5 rings (SSSR count). The van der Waals surface area contributed by atoms with Crippen molar-refractivity contribution in [2.24, 2.45) is 11.1 Å². The van der Waals surface area contributed by atoms with Crippen LogP contribution in [-0.2, 0) is 11.2 Å². The fourth-order valence-corrected chi connectivity index (χ4v) is 5.10. The molecule has 11 nitrogen and oxygen atoms in total. The zero-order chi connectivity index (χ0) is 25.5. The van der Waals surface area contributed by atoms with Gasteiger partial charge in [-0.1, -0.05) is 0 Å². The standard InChI is InChI=1S/C25H30N6O5/c1-24(2,34)14-35-17-3-4-19-15(12-29-31(19)13-17)7-20(32)30-16-8-25(9-16)10-18(11-25)36-23-21(22(26)33)27-5-6-28-23/h3-6,12-13,16,18,34H,7-11,14H2,1-2H3,(H2,26,33)(H,30,32). The Labute approximate surface area is 208 Å². The van der Waals surface area contributed by atoms with E-state index in [0.29, 0.717) is 5.75 Å². The summed E-state index contributed by atoms with van der Waals surface area (Å²) in [7, 11) is 0. The van der Waals surface area contributed by atoms with Crippen molar-refractivity contribution in [3.63, 3.8) is 0 Å². The van der Waals surface area contributed by atoms with Crippen LogP contribution in [-0.4, -0.2) is 60.9 Å². The predicted molar refractivity (Wildman–Crippen MR) is 128 cm³/mol. The molecule has 2 saturated carbocycles. The number of primary amides is 1. The van der Waals surface area contributed by atoms with Crippen LogP contribution in [0.3, 0.4) is 0 Å². The van der Waals surface area contributed by atoms with Gasteiger partial charge in [0, 0.05) is 24.0 Å². The molecule has 2 aliphatic rings. The fraction of sp³-hybridized carbons (Fsp3) is 0.480. The zero-order valence-corrected chi connectivity index (χ0v) is 20.3. The van der Waals surface area contributed by atoms with Crippen LogP contribution in [0.5, 0.6) is 11.6 Å². The van der Waals surface area contributed by atoms with Crippen LogP contribution in [0, 0.1) is 5.41 Å². The second-order valence-corrected chi connectivity index (χ2v) is 10.5. The van der Waals surface area contributed by atoms with Crippen LogP contribution in [0.4, 0.5) is 0 Å². The molecule has 190 valence electrons. The van der Waals surface area contributed by atoms with Gasteiger partial charge in [0.05, 0.1) is 29.9 Å². The molecule has 2 aliphatic carbocycles. The van der Waals surface area contributed by atoms with E-state index < -0.39 is 11.5 Å². The summed E-state index contributed by atoms with van der Waals surface area (Å²) in [6, 6.07) is 3.81. The highest BCUT2D eigenvalue weighted by molar-refractivity contribution is 5.92. The third kappa shape index (κ3) is 5.11. The van der Waals surface area contributed by atoms with E-state index in [4.69, 9.17) is 15.2 Å². The van der Waals surface area contributed by atoms with E-state index in [0.717, 1.165) is 36.8 Å². The van der Waals surface area contributed by atoms with Crippen molar-refractivity contribution >= 4 is 17.3 Å². The van der Waals surface area contributed by atoms with Crippen molar-refractivity contribution in [2.45, 2.75) is 63.7 Å². The largest absolute Gasteiger partial charge is 0.489 e. The Kier molecular flexibility index (Phi) is 6.03. The lowest BCUT2D eigenvalue weighted by atomic mass is 9.53. The number of nitrogens with two attached hydrogens (primary N) is 1. The molecular weight excluding hydrogens is 464 g/mol. The number of nitrogens with one attached hydrogen (secondary N) is 1. The van der Waals surface area contributed by atoms with Crippen LogP contribution in [0.15, 0.2) is 36.9 Å². The first kappa shape index (κ1) is 24.0. The molecule has 2 amide bonds. The summed E-state index contributed by atoms with van der Waals surface area (Å²) in [5, 5.41) is 17.3. The van der Waals surface area contributed by atoms with Gasteiger partial charge in [-0.2, -0.15) is 5.10 Å². The molecule has 0 atom stereocenters. The molecule has 36 heavy (non-hydrogen) atoms. The number of carbonyl (C=O) groups is 2. The Bertz CT molecular complexity index is 1290. The van der Waals surface area contributed by atoms with Gasteiger partial charge in [-0.15, -0.1) is 0 Å². The maximum Gasteiger partial charge on any atom is 0.272 e. The van der Waals surface area contributed by atoms with E-state index >= 15 is 0 Å². The summed E-state index contributed by atoms with van der Waals surface area (Å²) in [5.41, 5.74) is 6.29. The molecule has 0 radical (unpaired) electrons. The molecule has 3 heterocycles. The molecule has 2 fully saturated rings. The van der Waals surface area contributed by atoms with Crippen LogP contribution in [0.25, 0.3) is 5.52 Å². The lowest BCUT2D eigenvalue weighted by molar-refractivity contribution is -0.127. The number of aromatic nitrogens is 4. The zero-order valence-electron chi connectivity index (χ0n) is 20.3. The van der Waals surface area contributed by atoms with Gasteiger partial charge >= 0.3 is 0 Å². The first-order valence-electron chi connectivity index (χ1n) is 12.0. The van der Waals surface area contributed by atoms with Crippen LogP contribution < -0.4 is 20.5 Å². The second-order valence-electron chi connectivity index (χ2n) is 10.5. The number of ether oxygens (including phenoxy) is 2. The van der Waals surface area contributed by atoms with Gasteiger partial charge < -0.3 is 25.6 Å². The average molecular weight is 495 g/mol. The Balaban J connectivity index is 1.09. The number of nitrogens with zero attached hydrogens (tertiary/aromatic N) is 4. The molecule has 4 N–H and O–H groups in total. The molecule has 0 unspecified atom stereocenters. The van der Waals surface area contributed by atoms with Crippen molar-refractivity contribution in [3.05, 3.63) is 48.2 Å². The third-order valence-corrected chi connectivity index (χ3v) is 6.73. The first-order chi connectivity index (χ1) is 17.1. The van der Waals surface area contributed by atoms with Gasteiger partial charge in [0.15, 0.2) is 5.69 Å². The average Bonchev–Trinajstić information content (AvgIpc) is 3.16. The summed E-state index contributed by atoms with van der Waals surface area (Å²) >= 11 is 0. The SMILES string of the molecule is CC(C)(O)COc1ccc2c(CC(=O)NC3CC4(C3)CC(Oc3nccnc3C(N)=O)C4)cnn2c1. The van der Waals surface area contributed by atoms with Crippen LogP contribution in [0.1, 0.15) is 55.6 Å². The minimum atomic E-state index is -0.930. The summed E-state index contributed by atoms with van der Waals surface area (Å²) in [6.07, 6.45) is 10.0. The number of hydrogen-bond acceptors (Lipinski definition) is 8. The van der Waals surface area contributed by atoms with Crippen LogP contribution in [0.2, 0.25) is 0 Å². The van der Waals surface area contributed by atoms with Crippen molar-refractivity contribution in [3.8, 4) is 11.6 Å². The molecule has 3 aromatic heterocycles. The van der Waals surface area contributed by atoms with Gasteiger partial charge in [-0.05, 0) is 57.1 Å². The Morgan fingerprint density at radius 2 is 1.97 bits per heavy atom. The van der Waals surface area contributed by atoms with E-state index in [1.807, 2.05) is 12.1 Å². The number of aliphatic hydroxyl groups is 1. The number of pyridine rings is 1. The summed E-state index contributed by atoms with van der Waals surface area (Å²) < 4.78 is 13.1. The predicted octanol–water partition coefficient (Wildman–Crippen LogP) is 1.42. The lowest BCUT2D eigenvalue weighted by Crippen LogP contribution is -2.59. The quantitative estimate of drug-likeness (QED) is 0.404. The van der Waals surface area contributed by atoms with Gasteiger partial charge in [0.25, 0.3) is 5.91 Å². The molecule has 0 bridgehead atoms. The summed E-state index contributed by atoms with van der Waals surface area (Å²) in [5.74, 6) is 0.0731. The number of amides is 2. The Morgan fingerprint density at radius 1 is 1.22 bits per heavy atom. The van der Waals surface area contributed by atoms with Crippen molar-refractivity contribution in [1.82, 2.24) is 24.9 Å². The molecular formula is C25H30N6O5. The summed E-state index contributed by atoms with van der Waals surface area (Å²) in [6.45, 7) is 3.52. The molecule has 0 saturated heterocycles. The van der Waals surface area contributed by atoms with E-state index in [1.54, 1.807) is 30.8 Å². The maximum absolute atomic E-state index is 12.7. The molecule has 1 spiro atoms. The first-order valence-corrected chi connectivity index (χ1v) is 12.0. The van der Waals surface area contributed by atoms with E-state index in [1.165, 1.54) is 12.4 Å². The highest BCUT2D eigenvalue weighted by Crippen LogP contribution is 2.56. The van der Waals surface area contributed by atoms with Gasteiger partial charge in [0.1, 0.15) is 18.5 Å². The van der Waals surface area contributed by atoms with Crippen molar-refractivity contribution in [2.75, 3.05) is 6.61 Å². The van der Waals surface area contributed by atoms with Gasteiger partial charge in [0.2, 0.25) is 11.8 Å². The van der Waals surface area contributed by atoms with E-state index in [2.05, 4.69) is 20.4 Å². The highest BCUT2D eigenvalue weighted by Gasteiger charge is 2.54. The Hall–Kier alpha value is -3.73. The minimum Gasteiger partial charge on any atom is -0.489 e. The number of hydrogen-bond donors (Lipinski definition) is 3. The van der Waals surface area contributed by atoms with E-state index in [-0.39, 0.29) is 48.1 Å². The fourth-order valence-electron chi connectivity index (χ4n) is 5.10. The molecule has 3 aromatic rings. The van der Waals surface area contributed by atoms with Crippen molar-refractivity contribution in [1.29, 1.82) is 0 Å². The number of carbonyl (C=O) groups excluding carboxylic acids is 2. The molecule has 0 aliphatic heterocycles. The monoisotopic (exact) mass is 494 g/mol. The Morgan fingerprint density at radius 3 is 2.69 bits per heavy atom. The second kappa shape index (κ2) is 9.05. The lowest BCUT2D eigenvalue weighted by Gasteiger charge is -2.57. The molecule has 11 heteroatoms. The van der Waals surface area contributed by atoms with Gasteiger partial charge in [-0.25, -0.2) is 14.5 Å². The smallest absolute Gasteiger partial charge is 0.272 e. The number of fused-ring (bicyclic) bond motifs is 1. The topological polar surface area (TPSA) is 154 Å².